The summed E-state index contributed by atoms with van der Waals surface area (Å²) in [5.41, 5.74) is 2.18. The molecule has 8 nitrogen and oxygen atoms in total. The summed E-state index contributed by atoms with van der Waals surface area (Å²) in [5, 5.41) is 4.21. The van der Waals surface area contributed by atoms with E-state index in [1.54, 1.807) is 21.8 Å². The van der Waals surface area contributed by atoms with E-state index in [1.165, 1.54) is 0 Å². The average molecular weight is 491 g/mol. The zero-order valence-electron chi connectivity index (χ0n) is 17.1. The number of hydrogen-bond donors (Lipinski definition) is 1. The third kappa shape index (κ3) is 3.30. The molecule has 1 saturated carbocycles. The smallest absolute Gasteiger partial charge is 0.263 e. The van der Waals surface area contributed by atoms with Gasteiger partial charge in [0.05, 0.1) is 41.5 Å². The first-order valence-corrected chi connectivity index (χ1v) is 11.9. The maximum Gasteiger partial charge on any atom is 0.263 e. The van der Waals surface area contributed by atoms with Crippen molar-refractivity contribution in [2.75, 3.05) is 11.4 Å². The second kappa shape index (κ2) is 7.00. The Hall–Kier alpha value is -2.04. The summed E-state index contributed by atoms with van der Waals surface area (Å²) in [6.07, 6.45) is 5.67. The van der Waals surface area contributed by atoms with Gasteiger partial charge in [0, 0.05) is 28.8 Å². The Morgan fingerprint density at radius 1 is 1.37 bits per heavy atom. The SMILES string of the molecule is C[C@@H]1CN=C2N(Cc3cnn(C)c3)C(=O)c3cc(S(=O)NC4(C)CC4)cc(Br)c3N21. The molecular formula is C20H23BrN6O2S. The number of halogens is 1. The van der Waals surface area contributed by atoms with Crippen LogP contribution in [0, 0.1) is 0 Å². The van der Waals surface area contributed by atoms with Gasteiger partial charge in [-0.3, -0.25) is 19.4 Å². The first kappa shape index (κ1) is 19.9. The lowest BCUT2D eigenvalue weighted by atomic mass is 10.1. The predicted octanol–water partition coefficient (Wildman–Crippen LogP) is 2.57. The number of nitrogens with one attached hydrogen (secondary N) is 1. The maximum atomic E-state index is 13.6. The van der Waals surface area contributed by atoms with Gasteiger partial charge in [-0.25, -0.2) is 8.93 Å². The van der Waals surface area contributed by atoms with E-state index in [-0.39, 0.29) is 17.5 Å². The molecule has 1 unspecified atom stereocenters. The van der Waals surface area contributed by atoms with Crippen LogP contribution in [0.5, 0.6) is 0 Å². The molecule has 2 aliphatic heterocycles. The first-order valence-electron chi connectivity index (χ1n) is 9.92. The van der Waals surface area contributed by atoms with Gasteiger partial charge in [0.25, 0.3) is 5.91 Å². The Labute approximate surface area is 186 Å². The number of rotatable bonds is 5. The summed E-state index contributed by atoms with van der Waals surface area (Å²) in [5.74, 6) is 0.511. The fourth-order valence-electron chi connectivity index (χ4n) is 3.88. The van der Waals surface area contributed by atoms with Crippen LogP contribution < -0.4 is 9.62 Å². The van der Waals surface area contributed by atoms with Crippen LogP contribution in [-0.4, -0.2) is 48.9 Å². The minimum Gasteiger partial charge on any atom is -0.306 e. The van der Waals surface area contributed by atoms with Gasteiger partial charge in [-0.15, -0.1) is 0 Å². The molecule has 10 heteroatoms. The highest BCUT2D eigenvalue weighted by molar-refractivity contribution is 9.10. The van der Waals surface area contributed by atoms with Crippen molar-refractivity contribution in [3.63, 3.8) is 0 Å². The molecule has 1 fully saturated rings. The number of aromatic nitrogens is 2. The lowest BCUT2D eigenvalue weighted by molar-refractivity contribution is 0.0832. The molecule has 1 N–H and O–H groups in total. The minimum atomic E-state index is -1.39. The summed E-state index contributed by atoms with van der Waals surface area (Å²) < 4.78 is 18.6. The monoisotopic (exact) mass is 490 g/mol. The van der Waals surface area contributed by atoms with Crippen molar-refractivity contribution in [1.82, 2.24) is 19.4 Å². The molecule has 30 heavy (non-hydrogen) atoms. The summed E-state index contributed by atoms with van der Waals surface area (Å²) in [6.45, 7) is 5.15. The molecule has 2 aromatic rings. The number of hydrogen-bond acceptors (Lipinski definition) is 5. The largest absolute Gasteiger partial charge is 0.306 e. The quantitative estimate of drug-likeness (QED) is 0.697. The van der Waals surface area contributed by atoms with Gasteiger partial charge in [-0.2, -0.15) is 5.10 Å². The average Bonchev–Trinajstić information content (AvgIpc) is 3.07. The zero-order valence-corrected chi connectivity index (χ0v) is 19.5. The van der Waals surface area contributed by atoms with Gasteiger partial charge in [-0.05, 0) is 54.8 Å². The predicted molar refractivity (Wildman–Crippen MR) is 119 cm³/mol. The highest BCUT2D eigenvalue weighted by Crippen LogP contribution is 2.41. The van der Waals surface area contributed by atoms with Crippen molar-refractivity contribution in [3.8, 4) is 0 Å². The normalized spacial score (nSPS) is 22.6. The molecule has 0 spiro atoms. The van der Waals surface area contributed by atoms with Crippen LogP contribution in [0.1, 0.15) is 42.6 Å². The van der Waals surface area contributed by atoms with Gasteiger partial charge in [0.15, 0.2) is 0 Å². The van der Waals surface area contributed by atoms with Crippen LogP contribution in [0.15, 0.2) is 38.9 Å². The summed E-state index contributed by atoms with van der Waals surface area (Å²) in [7, 11) is 0.464. The second-order valence-electron chi connectivity index (χ2n) is 8.51. The van der Waals surface area contributed by atoms with Gasteiger partial charge in [-0.1, -0.05) is 0 Å². The lowest BCUT2D eigenvalue weighted by Crippen LogP contribution is -2.52. The van der Waals surface area contributed by atoms with Crippen LogP contribution in [-0.2, 0) is 24.6 Å². The molecular weight excluding hydrogens is 468 g/mol. The number of aliphatic imine (C=N–C) groups is 1. The number of anilines is 1. The van der Waals surface area contributed by atoms with E-state index < -0.39 is 11.0 Å². The fraction of sp³-hybridized carbons (Fsp3) is 0.450. The van der Waals surface area contributed by atoms with E-state index >= 15 is 0 Å². The van der Waals surface area contributed by atoms with E-state index in [9.17, 15) is 9.00 Å². The highest BCUT2D eigenvalue weighted by Gasteiger charge is 2.43. The number of carbonyl (C=O) groups is 1. The number of nitrogens with zero attached hydrogens (tertiary/aromatic N) is 5. The Morgan fingerprint density at radius 3 is 2.80 bits per heavy atom. The van der Waals surface area contributed by atoms with E-state index in [0.717, 1.165) is 28.6 Å². The fourth-order valence-corrected chi connectivity index (χ4v) is 5.90. The van der Waals surface area contributed by atoms with Crippen molar-refractivity contribution < 1.29 is 9.00 Å². The molecule has 5 rings (SSSR count). The van der Waals surface area contributed by atoms with Crippen molar-refractivity contribution >= 4 is 44.5 Å². The summed E-state index contributed by atoms with van der Waals surface area (Å²) in [4.78, 5) is 22.6. The van der Waals surface area contributed by atoms with Crippen molar-refractivity contribution in [1.29, 1.82) is 0 Å². The second-order valence-corrected chi connectivity index (χ2v) is 10.6. The van der Waals surface area contributed by atoms with Crippen LogP contribution in [0.3, 0.4) is 0 Å². The number of benzene rings is 1. The van der Waals surface area contributed by atoms with Crippen molar-refractivity contribution in [2.24, 2.45) is 12.0 Å². The molecule has 2 atom stereocenters. The molecule has 158 valence electrons. The van der Waals surface area contributed by atoms with E-state index in [0.29, 0.717) is 29.5 Å². The molecule has 1 aromatic heterocycles. The third-order valence-electron chi connectivity index (χ3n) is 5.80. The van der Waals surface area contributed by atoms with Crippen LogP contribution in [0.4, 0.5) is 5.69 Å². The van der Waals surface area contributed by atoms with Gasteiger partial charge >= 0.3 is 0 Å². The van der Waals surface area contributed by atoms with Gasteiger partial charge in [0.1, 0.15) is 11.0 Å². The molecule has 1 aliphatic carbocycles. The van der Waals surface area contributed by atoms with Crippen LogP contribution in [0.25, 0.3) is 0 Å². The molecule has 1 amide bonds. The molecule has 3 heterocycles. The minimum absolute atomic E-state index is 0.0765. The number of amides is 1. The molecule has 0 saturated heterocycles. The third-order valence-corrected chi connectivity index (χ3v) is 7.75. The molecule has 0 radical (unpaired) electrons. The van der Waals surface area contributed by atoms with E-state index in [1.807, 2.05) is 19.3 Å². The number of aryl methyl sites for hydroxylation is 1. The molecule has 3 aliphatic rings. The number of fused-ring (bicyclic) bond motifs is 3. The summed E-state index contributed by atoms with van der Waals surface area (Å²) in [6, 6.07) is 3.73. The Bertz CT molecular complexity index is 1110. The highest BCUT2D eigenvalue weighted by atomic mass is 79.9. The Kier molecular flexibility index (Phi) is 4.64. The van der Waals surface area contributed by atoms with E-state index in [4.69, 9.17) is 0 Å². The topological polar surface area (TPSA) is 82.8 Å². The Morgan fingerprint density at radius 2 is 2.13 bits per heavy atom. The Balaban J connectivity index is 1.56. The standard InChI is InChI=1S/C20H23BrN6O2S/c1-12-8-22-19-26(11-13-9-23-25(3)10-13)18(28)15-6-14(7-16(21)17(15)27(12)19)30(29)24-20(2)4-5-20/h6-7,9-10,12,24H,4-5,8,11H2,1-3H3/t12-,30?/m1/s1. The van der Waals surface area contributed by atoms with Gasteiger partial charge in [0.2, 0.25) is 5.96 Å². The first-order chi connectivity index (χ1) is 14.3. The van der Waals surface area contributed by atoms with Gasteiger partial charge < -0.3 is 4.90 Å². The number of carbonyl (C=O) groups excluding carboxylic acids is 1. The van der Waals surface area contributed by atoms with Crippen molar-refractivity contribution in [2.45, 2.75) is 49.7 Å². The molecule has 0 bridgehead atoms. The zero-order chi connectivity index (χ0) is 21.2. The van der Waals surface area contributed by atoms with E-state index in [2.05, 4.69) is 49.5 Å². The lowest BCUT2D eigenvalue weighted by Gasteiger charge is -2.38. The molecule has 1 aromatic carbocycles. The van der Waals surface area contributed by atoms with Crippen LogP contribution in [0.2, 0.25) is 0 Å². The van der Waals surface area contributed by atoms with Crippen molar-refractivity contribution in [3.05, 3.63) is 40.1 Å². The maximum absolute atomic E-state index is 13.6. The number of guanidine groups is 1. The summed E-state index contributed by atoms with van der Waals surface area (Å²) >= 11 is 3.64. The van der Waals surface area contributed by atoms with Crippen LogP contribution >= 0.6 is 15.9 Å².